The summed E-state index contributed by atoms with van der Waals surface area (Å²) in [5, 5.41) is 22.7. The molecule has 4 N–H and O–H groups in total. The zero-order valence-corrected chi connectivity index (χ0v) is 21.3. The summed E-state index contributed by atoms with van der Waals surface area (Å²) in [6.07, 6.45) is 3.83. The predicted molar refractivity (Wildman–Crippen MR) is 143 cm³/mol. The number of nitrogens with zero attached hydrogens (tertiary/aromatic N) is 6. The smallest absolute Gasteiger partial charge is 0.286 e. The number of hydrogen-bond donors (Lipinski definition) is 3. The van der Waals surface area contributed by atoms with Gasteiger partial charge in [-0.25, -0.2) is 4.98 Å². The van der Waals surface area contributed by atoms with Gasteiger partial charge in [-0.3, -0.25) is 19.0 Å². The maximum absolute atomic E-state index is 13.3. The summed E-state index contributed by atoms with van der Waals surface area (Å²) in [7, 11) is 0. The van der Waals surface area contributed by atoms with Crippen molar-refractivity contribution in [3.63, 3.8) is 0 Å². The molecule has 0 unspecified atom stereocenters. The Morgan fingerprint density at radius 2 is 1.95 bits per heavy atom. The molecule has 38 heavy (non-hydrogen) atoms. The topological polar surface area (TPSA) is 171 Å². The number of nitrogen functional groups attached to an aromatic ring is 1. The molecule has 0 aliphatic carbocycles. The van der Waals surface area contributed by atoms with Crippen LogP contribution in [0.2, 0.25) is 0 Å². The highest BCUT2D eigenvalue weighted by atomic mass is 32.1. The molecule has 0 saturated carbocycles. The minimum Gasteiger partial charge on any atom is -0.382 e. The Hall–Kier alpha value is -4.56. The Labute approximate surface area is 222 Å². The van der Waals surface area contributed by atoms with Gasteiger partial charge in [0.1, 0.15) is 22.6 Å². The van der Waals surface area contributed by atoms with E-state index >= 15 is 0 Å². The predicted octanol–water partition coefficient (Wildman–Crippen LogP) is 2.40. The number of carbonyl (C=O) groups excluding carboxylic acids is 2. The Balaban J connectivity index is 1.17. The van der Waals surface area contributed by atoms with Crippen LogP contribution >= 0.6 is 22.7 Å². The van der Waals surface area contributed by atoms with E-state index in [0.29, 0.717) is 29.5 Å². The molecule has 1 atom stereocenters. The number of aryl methyl sites for hydroxylation is 1. The molecule has 0 spiro atoms. The number of hydrogen-bond acceptors (Lipinski definition) is 11. The minimum atomic E-state index is -0.740. The Morgan fingerprint density at radius 1 is 1.11 bits per heavy atom. The van der Waals surface area contributed by atoms with E-state index in [1.807, 2.05) is 36.4 Å². The molecule has 0 saturated heterocycles. The SMILES string of the molecule is Nc1nncc2sc(CNC(=O)[C@@H]3CCc4ncc(NC(=O)c5nnc(-c6ccccc6)s5)c(=O)n43)cc12. The molecule has 1 aliphatic rings. The second-order valence-electron chi connectivity index (χ2n) is 8.49. The molecule has 0 fully saturated rings. The Morgan fingerprint density at radius 3 is 2.76 bits per heavy atom. The monoisotopic (exact) mass is 545 g/mol. The maximum atomic E-state index is 13.3. The van der Waals surface area contributed by atoms with Gasteiger partial charge in [0, 0.05) is 22.2 Å². The Bertz CT molecular complexity index is 1750. The van der Waals surface area contributed by atoms with E-state index in [-0.39, 0.29) is 23.1 Å². The second kappa shape index (κ2) is 9.72. The van der Waals surface area contributed by atoms with E-state index in [4.69, 9.17) is 5.73 Å². The highest BCUT2D eigenvalue weighted by Crippen LogP contribution is 2.28. The normalized spacial score (nSPS) is 14.4. The van der Waals surface area contributed by atoms with Crippen LogP contribution in [0, 0.1) is 0 Å². The number of thiophene rings is 1. The van der Waals surface area contributed by atoms with Crippen molar-refractivity contribution >= 4 is 56.1 Å². The molecule has 5 aromatic rings. The van der Waals surface area contributed by atoms with Gasteiger partial charge in [-0.1, -0.05) is 41.7 Å². The van der Waals surface area contributed by atoms with Gasteiger partial charge in [0.05, 0.1) is 23.6 Å². The number of anilines is 2. The number of nitrogens with one attached hydrogen (secondary N) is 2. The summed E-state index contributed by atoms with van der Waals surface area (Å²) in [6, 6.07) is 10.5. The molecular formula is C24H19N9O3S2. The molecule has 2 amide bonds. The van der Waals surface area contributed by atoms with Crippen molar-refractivity contribution in [3.8, 4) is 10.6 Å². The molecule has 4 aromatic heterocycles. The van der Waals surface area contributed by atoms with Gasteiger partial charge in [-0.2, -0.15) is 5.10 Å². The fraction of sp³-hybridized carbons (Fsp3) is 0.167. The third-order valence-corrected chi connectivity index (χ3v) is 8.12. The molecular weight excluding hydrogens is 526 g/mol. The molecule has 1 aromatic carbocycles. The number of aromatic nitrogens is 6. The first-order chi connectivity index (χ1) is 18.5. The molecule has 1 aliphatic heterocycles. The highest BCUT2D eigenvalue weighted by molar-refractivity contribution is 7.19. The van der Waals surface area contributed by atoms with Gasteiger partial charge in [0.2, 0.25) is 10.9 Å². The molecule has 6 rings (SSSR count). The summed E-state index contributed by atoms with van der Waals surface area (Å²) in [5.41, 5.74) is 6.18. The summed E-state index contributed by atoms with van der Waals surface area (Å²) in [5.74, 6) is -0.0640. The van der Waals surface area contributed by atoms with Crippen LogP contribution in [0.15, 0.2) is 53.6 Å². The van der Waals surface area contributed by atoms with Crippen molar-refractivity contribution < 1.29 is 9.59 Å². The minimum absolute atomic E-state index is 0.0325. The van der Waals surface area contributed by atoms with Gasteiger partial charge in [-0.15, -0.1) is 26.6 Å². The quantitative estimate of drug-likeness (QED) is 0.290. The van der Waals surface area contributed by atoms with E-state index in [9.17, 15) is 14.4 Å². The average Bonchev–Trinajstić information content (AvgIpc) is 3.68. The van der Waals surface area contributed by atoms with Crippen molar-refractivity contribution in [2.75, 3.05) is 11.1 Å². The van der Waals surface area contributed by atoms with Crippen molar-refractivity contribution in [2.45, 2.75) is 25.4 Å². The lowest BCUT2D eigenvalue weighted by Crippen LogP contribution is -2.36. The van der Waals surface area contributed by atoms with Crippen LogP contribution in [-0.2, 0) is 17.8 Å². The summed E-state index contributed by atoms with van der Waals surface area (Å²) in [4.78, 5) is 44.3. The summed E-state index contributed by atoms with van der Waals surface area (Å²) < 4.78 is 2.22. The summed E-state index contributed by atoms with van der Waals surface area (Å²) in [6.45, 7) is 0.267. The molecule has 14 heteroatoms. The van der Waals surface area contributed by atoms with Crippen LogP contribution in [0.1, 0.15) is 33.0 Å². The molecule has 12 nitrogen and oxygen atoms in total. The third kappa shape index (κ3) is 4.39. The molecule has 5 heterocycles. The van der Waals surface area contributed by atoms with Gasteiger partial charge < -0.3 is 16.4 Å². The lowest BCUT2D eigenvalue weighted by Gasteiger charge is -2.15. The fourth-order valence-electron chi connectivity index (χ4n) is 4.26. The lowest BCUT2D eigenvalue weighted by atomic mass is 10.2. The zero-order chi connectivity index (χ0) is 26.2. The van der Waals surface area contributed by atoms with Crippen LogP contribution in [-0.4, -0.2) is 41.8 Å². The van der Waals surface area contributed by atoms with Crippen molar-refractivity contribution in [1.29, 1.82) is 0 Å². The largest absolute Gasteiger partial charge is 0.382 e. The maximum Gasteiger partial charge on any atom is 0.286 e. The number of rotatable bonds is 6. The Kier molecular flexibility index (Phi) is 6.09. The van der Waals surface area contributed by atoms with Crippen molar-refractivity contribution in [3.05, 3.63) is 74.9 Å². The van der Waals surface area contributed by atoms with E-state index in [1.54, 1.807) is 6.20 Å². The first-order valence-electron chi connectivity index (χ1n) is 11.6. The lowest BCUT2D eigenvalue weighted by molar-refractivity contribution is -0.124. The molecule has 190 valence electrons. The van der Waals surface area contributed by atoms with E-state index < -0.39 is 17.5 Å². The van der Waals surface area contributed by atoms with E-state index in [1.165, 1.54) is 22.1 Å². The number of amides is 2. The van der Waals surface area contributed by atoms with Crippen LogP contribution in [0.25, 0.3) is 20.7 Å². The molecule has 0 bridgehead atoms. The third-order valence-electron chi connectivity index (χ3n) is 6.08. The number of benzene rings is 1. The van der Waals surface area contributed by atoms with Gasteiger partial charge in [-0.05, 0) is 12.5 Å². The average molecular weight is 546 g/mol. The summed E-state index contributed by atoms with van der Waals surface area (Å²) >= 11 is 2.57. The number of nitrogens with two attached hydrogens (primary N) is 1. The zero-order valence-electron chi connectivity index (χ0n) is 19.6. The first-order valence-corrected chi connectivity index (χ1v) is 13.2. The van der Waals surface area contributed by atoms with Crippen LogP contribution in [0.5, 0.6) is 0 Å². The van der Waals surface area contributed by atoms with Crippen molar-refractivity contribution in [1.82, 2.24) is 35.3 Å². The fourth-order valence-corrected chi connectivity index (χ4v) is 5.98. The highest BCUT2D eigenvalue weighted by Gasteiger charge is 2.31. The van der Waals surface area contributed by atoms with Crippen LogP contribution < -0.4 is 21.9 Å². The van der Waals surface area contributed by atoms with Crippen LogP contribution in [0.3, 0.4) is 0 Å². The van der Waals surface area contributed by atoms with Gasteiger partial charge in [0.25, 0.3) is 11.5 Å². The van der Waals surface area contributed by atoms with Gasteiger partial charge in [0.15, 0.2) is 5.82 Å². The van der Waals surface area contributed by atoms with E-state index in [2.05, 4.69) is 36.0 Å². The second-order valence-corrected chi connectivity index (χ2v) is 10.6. The van der Waals surface area contributed by atoms with Crippen LogP contribution in [0.4, 0.5) is 11.5 Å². The number of fused-ring (bicyclic) bond motifs is 2. The number of carbonyl (C=O) groups is 2. The standard InChI is InChI=1S/C24H19N9O3S2/c25-19-14-8-13(37-17(14)11-28-30-19)9-27-20(34)16-6-7-18-26-10-15(24(36)33(16)18)29-21(35)23-32-31-22(38-23)12-4-2-1-3-5-12/h1-5,8,10-11,16H,6-7,9H2,(H2,25,30)(H,27,34)(H,29,35)/t16-/m0/s1. The molecule has 0 radical (unpaired) electrons. The van der Waals surface area contributed by atoms with Crippen molar-refractivity contribution in [2.24, 2.45) is 0 Å². The first kappa shape index (κ1) is 23.8. The van der Waals surface area contributed by atoms with E-state index in [0.717, 1.165) is 31.9 Å². The van der Waals surface area contributed by atoms with Gasteiger partial charge >= 0.3 is 0 Å².